The minimum Gasteiger partial charge on any atom is -0.504 e. The number of ether oxygens (including phenoxy) is 2. The molecule has 118 valence electrons. The second-order valence-electron chi connectivity index (χ2n) is 5.28. The van der Waals surface area contributed by atoms with Gasteiger partial charge in [0.15, 0.2) is 11.5 Å². The van der Waals surface area contributed by atoms with E-state index in [1.165, 1.54) is 6.07 Å². The molecule has 7 heteroatoms. The highest BCUT2D eigenvalue weighted by Gasteiger charge is 2.40. The molecule has 0 saturated carbocycles. The molecule has 1 aliphatic rings. The lowest BCUT2D eigenvalue weighted by molar-refractivity contribution is 0.317. The number of H-pyrrole nitrogens is 1. The Morgan fingerprint density at radius 2 is 2.30 bits per heavy atom. The van der Waals surface area contributed by atoms with Crippen molar-refractivity contribution < 1.29 is 14.6 Å². The van der Waals surface area contributed by atoms with Crippen LogP contribution < -0.4 is 9.47 Å². The van der Waals surface area contributed by atoms with Crippen molar-refractivity contribution in [3.05, 3.63) is 35.0 Å². The van der Waals surface area contributed by atoms with E-state index in [1.807, 2.05) is 13.8 Å². The number of nitrogens with zero attached hydrogens (tertiary/aromatic N) is 2. The highest BCUT2D eigenvalue weighted by atomic mass is 16.5. The van der Waals surface area contributed by atoms with Crippen LogP contribution in [-0.2, 0) is 0 Å². The number of aromatic hydroxyl groups is 1. The van der Waals surface area contributed by atoms with Crippen LogP contribution in [0.1, 0.15) is 29.7 Å². The van der Waals surface area contributed by atoms with Crippen molar-refractivity contribution in [2.45, 2.75) is 19.8 Å². The van der Waals surface area contributed by atoms with Gasteiger partial charge in [-0.1, -0.05) is 6.07 Å². The molecule has 2 unspecified atom stereocenters. The SMILES string of the molecule is CCOc1cc(C2c3c(n[nH]c3C)OC(=N)C2C#N)ccc1O. The molecule has 7 nitrogen and oxygen atoms in total. The van der Waals surface area contributed by atoms with E-state index in [2.05, 4.69) is 16.3 Å². The number of nitriles is 1. The molecule has 0 radical (unpaired) electrons. The van der Waals surface area contributed by atoms with Gasteiger partial charge in [-0.2, -0.15) is 5.26 Å². The number of aromatic nitrogens is 2. The highest BCUT2D eigenvalue weighted by Crippen LogP contribution is 2.44. The summed E-state index contributed by atoms with van der Waals surface area (Å²) >= 11 is 0. The number of rotatable bonds is 3. The number of phenolic OH excluding ortho intramolecular Hbond substituents is 1. The van der Waals surface area contributed by atoms with E-state index in [4.69, 9.17) is 14.9 Å². The number of aryl methyl sites for hydroxylation is 1. The summed E-state index contributed by atoms with van der Waals surface area (Å²) < 4.78 is 10.8. The van der Waals surface area contributed by atoms with Gasteiger partial charge in [0.1, 0.15) is 5.92 Å². The molecule has 3 N–H and O–H groups in total. The van der Waals surface area contributed by atoms with Crippen LogP contribution in [0, 0.1) is 29.6 Å². The fourth-order valence-corrected chi connectivity index (χ4v) is 2.83. The van der Waals surface area contributed by atoms with Crippen LogP contribution in [-0.4, -0.2) is 27.8 Å². The van der Waals surface area contributed by atoms with Crippen molar-refractivity contribution in [3.8, 4) is 23.4 Å². The smallest absolute Gasteiger partial charge is 0.243 e. The van der Waals surface area contributed by atoms with E-state index < -0.39 is 11.8 Å². The third-order valence-electron chi connectivity index (χ3n) is 3.87. The summed E-state index contributed by atoms with van der Waals surface area (Å²) in [7, 11) is 0. The molecule has 0 fully saturated rings. The van der Waals surface area contributed by atoms with Crippen molar-refractivity contribution in [3.63, 3.8) is 0 Å². The second kappa shape index (κ2) is 5.65. The van der Waals surface area contributed by atoms with E-state index in [-0.39, 0.29) is 11.6 Å². The van der Waals surface area contributed by atoms with E-state index in [0.29, 0.717) is 18.2 Å². The Labute approximate surface area is 133 Å². The monoisotopic (exact) mass is 312 g/mol. The average molecular weight is 312 g/mol. The molecule has 0 saturated heterocycles. The Kier molecular flexibility index (Phi) is 3.66. The predicted octanol–water partition coefficient (Wildman–Crippen LogP) is 2.46. The number of nitrogens with one attached hydrogen (secondary N) is 2. The highest BCUT2D eigenvalue weighted by molar-refractivity contribution is 5.84. The molecule has 0 spiro atoms. The average Bonchev–Trinajstić information content (AvgIpc) is 2.89. The van der Waals surface area contributed by atoms with Crippen LogP contribution in [0.15, 0.2) is 18.2 Å². The molecular formula is C16H16N4O3. The van der Waals surface area contributed by atoms with Crippen LogP contribution >= 0.6 is 0 Å². The van der Waals surface area contributed by atoms with Gasteiger partial charge >= 0.3 is 0 Å². The van der Waals surface area contributed by atoms with Gasteiger partial charge in [0.2, 0.25) is 11.8 Å². The molecule has 2 heterocycles. The third kappa shape index (κ3) is 2.38. The number of hydrogen-bond donors (Lipinski definition) is 3. The summed E-state index contributed by atoms with van der Waals surface area (Å²) in [6, 6.07) is 7.08. The molecule has 1 aliphatic heterocycles. The lowest BCUT2D eigenvalue weighted by Gasteiger charge is -2.28. The van der Waals surface area contributed by atoms with Crippen LogP contribution in [0.4, 0.5) is 0 Å². The van der Waals surface area contributed by atoms with Crippen LogP contribution in [0.3, 0.4) is 0 Å². The first kappa shape index (κ1) is 14.9. The fraction of sp³-hybridized carbons (Fsp3) is 0.312. The van der Waals surface area contributed by atoms with Crippen LogP contribution in [0.25, 0.3) is 0 Å². The van der Waals surface area contributed by atoms with E-state index >= 15 is 0 Å². The van der Waals surface area contributed by atoms with E-state index in [0.717, 1.165) is 16.8 Å². The van der Waals surface area contributed by atoms with Crippen molar-refractivity contribution in [2.75, 3.05) is 6.61 Å². The Hall–Kier alpha value is -3.01. The van der Waals surface area contributed by atoms with Gasteiger partial charge in [0.05, 0.1) is 12.7 Å². The fourth-order valence-electron chi connectivity index (χ4n) is 2.83. The summed E-state index contributed by atoms with van der Waals surface area (Å²) in [6.45, 7) is 4.08. The Balaban J connectivity index is 2.16. The third-order valence-corrected chi connectivity index (χ3v) is 3.87. The molecule has 0 bridgehead atoms. The first-order chi connectivity index (χ1) is 11.1. The van der Waals surface area contributed by atoms with Crippen LogP contribution in [0.5, 0.6) is 17.4 Å². The standard InChI is InChI=1S/C16H16N4O3/c1-3-22-12-6-9(4-5-11(12)21)14-10(7-17)15(18)23-16-13(14)8(2)19-20-16/h4-6,10,14,18,21H,3H2,1-2H3,(H,19,20). The first-order valence-electron chi connectivity index (χ1n) is 7.23. The molecule has 2 aromatic rings. The van der Waals surface area contributed by atoms with Gasteiger partial charge in [-0.25, -0.2) is 0 Å². The Bertz CT molecular complexity index is 806. The molecular weight excluding hydrogens is 296 g/mol. The normalized spacial score (nSPS) is 19.6. The molecule has 3 rings (SSSR count). The minimum atomic E-state index is -0.766. The minimum absolute atomic E-state index is 0.0374. The number of benzene rings is 1. The Morgan fingerprint density at radius 3 is 3.00 bits per heavy atom. The zero-order chi connectivity index (χ0) is 16.6. The topological polar surface area (TPSA) is 115 Å². The predicted molar refractivity (Wildman–Crippen MR) is 81.9 cm³/mol. The van der Waals surface area contributed by atoms with Gasteiger partial charge < -0.3 is 14.6 Å². The van der Waals surface area contributed by atoms with Gasteiger partial charge in [-0.15, -0.1) is 5.10 Å². The van der Waals surface area contributed by atoms with E-state index in [1.54, 1.807) is 12.1 Å². The lowest BCUT2D eigenvalue weighted by Crippen LogP contribution is -2.31. The quantitative estimate of drug-likeness (QED) is 0.805. The molecule has 23 heavy (non-hydrogen) atoms. The first-order valence-corrected chi connectivity index (χ1v) is 7.23. The maximum atomic E-state index is 9.87. The molecule has 2 atom stereocenters. The van der Waals surface area contributed by atoms with Gasteiger partial charge in [0, 0.05) is 17.2 Å². The van der Waals surface area contributed by atoms with Crippen LogP contribution in [0.2, 0.25) is 0 Å². The maximum absolute atomic E-state index is 9.87. The number of fused-ring (bicyclic) bond motifs is 1. The van der Waals surface area contributed by atoms with Gasteiger partial charge in [-0.3, -0.25) is 10.5 Å². The summed E-state index contributed by atoms with van der Waals surface area (Å²) in [6.07, 6.45) is 0. The maximum Gasteiger partial charge on any atom is 0.243 e. The number of phenols is 1. The largest absolute Gasteiger partial charge is 0.504 e. The van der Waals surface area contributed by atoms with Gasteiger partial charge in [-0.05, 0) is 31.5 Å². The summed E-state index contributed by atoms with van der Waals surface area (Å²) in [5.74, 6) is -0.608. The zero-order valence-electron chi connectivity index (χ0n) is 12.8. The van der Waals surface area contributed by atoms with E-state index in [9.17, 15) is 10.4 Å². The summed E-state index contributed by atoms with van der Waals surface area (Å²) in [4.78, 5) is 0. The second-order valence-corrected chi connectivity index (χ2v) is 5.28. The van der Waals surface area contributed by atoms with Gasteiger partial charge in [0.25, 0.3) is 0 Å². The van der Waals surface area contributed by atoms with Crippen molar-refractivity contribution in [1.29, 1.82) is 10.7 Å². The summed E-state index contributed by atoms with van der Waals surface area (Å²) in [5.41, 5.74) is 2.29. The molecule has 0 aliphatic carbocycles. The van der Waals surface area contributed by atoms with Crippen molar-refractivity contribution in [1.82, 2.24) is 10.2 Å². The molecule has 1 aromatic heterocycles. The number of aromatic amines is 1. The van der Waals surface area contributed by atoms with Crippen molar-refractivity contribution >= 4 is 5.90 Å². The summed E-state index contributed by atoms with van der Waals surface area (Å²) in [5, 5.41) is 34.2. The van der Waals surface area contributed by atoms with Crippen molar-refractivity contribution in [2.24, 2.45) is 5.92 Å². The molecule has 0 amide bonds. The number of hydrogen-bond acceptors (Lipinski definition) is 6. The Morgan fingerprint density at radius 1 is 1.52 bits per heavy atom. The molecule has 1 aromatic carbocycles. The lowest BCUT2D eigenvalue weighted by atomic mass is 9.79. The zero-order valence-corrected chi connectivity index (χ0v) is 12.8.